The minimum atomic E-state index is -0.163. The van der Waals surface area contributed by atoms with Gasteiger partial charge in [-0.05, 0) is 92.1 Å². The average molecular weight is 1060 g/mol. The molecule has 2 aliphatic heterocycles. The molecule has 0 unspecified atom stereocenters. The second-order valence-electron chi connectivity index (χ2n) is 24.9. The largest absolute Gasteiger partial charge is 0.274 e. The first-order valence-electron chi connectivity index (χ1n) is 33.1. The highest BCUT2D eigenvalue weighted by atomic mass is 16.2. The predicted molar refractivity (Wildman–Crippen MR) is 332 cm³/mol. The summed E-state index contributed by atoms with van der Waals surface area (Å²) in [4.78, 5) is 64.5. The van der Waals surface area contributed by atoms with E-state index in [1.165, 1.54) is 154 Å². The number of carbonyl (C=O) groups is 4. The topological polar surface area (TPSA) is 74.8 Å². The summed E-state index contributed by atoms with van der Waals surface area (Å²) in [6.45, 7) is 19.3. The Kier molecular flexibility index (Phi) is 24.4. The molecule has 0 atom stereocenters. The fourth-order valence-corrected chi connectivity index (χ4v) is 15.0. The van der Waals surface area contributed by atoms with Crippen molar-refractivity contribution in [1.29, 1.82) is 0 Å². The van der Waals surface area contributed by atoms with Crippen LogP contribution in [0.5, 0.6) is 0 Å². The summed E-state index contributed by atoms with van der Waals surface area (Å²) in [5, 5.41) is 7.19. The number of benzene rings is 5. The summed E-state index contributed by atoms with van der Waals surface area (Å²) >= 11 is 0. The molecule has 4 amide bonds. The van der Waals surface area contributed by atoms with Gasteiger partial charge in [0.15, 0.2) is 0 Å². The molecule has 78 heavy (non-hydrogen) atoms. The molecule has 0 bridgehead atoms. The van der Waals surface area contributed by atoms with Crippen molar-refractivity contribution in [1.82, 2.24) is 9.80 Å². The molecule has 0 saturated heterocycles. The number of rotatable bonds is 40. The molecule has 0 spiro atoms. The third-order valence-corrected chi connectivity index (χ3v) is 19.4. The molecule has 0 radical (unpaired) electrons. The van der Waals surface area contributed by atoms with E-state index in [0.717, 1.165) is 94.5 Å². The number of carbonyl (C=O) groups excluding carboxylic acids is 4. The van der Waals surface area contributed by atoms with Crippen molar-refractivity contribution in [2.75, 3.05) is 13.1 Å². The molecule has 0 aromatic heterocycles. The molecule has 7 rings (SSSR count). The van der Waals surface area contributed by atoms with Crippen LogP contribution in [0.4, 0.5) is 0 Å². The molecule has 0 saturated carbocycles. The lowest BCUT2D eigenvalue weighted by Gasteiger charge is -2.39. The van der Waals surface area contributed by atoms with Crippen LogP contribution in [0.25, 0.3) is 43.1 Å². The maximum Gasteiger partial charge on any atom is 0.261 e. The van der Waals surface area contributed by atoms with Gasteiger partial charge in [-0.15, -0.1) is 0 Å². The van der Waals surface area contributed by atoms with Gasteiger partial charge in [-0.25, -0.2) is 0 Å². The van der Waals surface area contributed by atoms with Crippen LogP contribution in [0.3, 0.4) is 0 Å². The first kappa shape index (κ1) is 61.3. The molecule has 0 aliphatic carbocycles. The van der Waals surface area contributed by atoms with Gasteiger partial charge in [-0.3, -0.25) is 29.0 Å². The van der Waals surface area contributed by atoms with Gasteiger partial charge in [0.1, 0.15) is 0 Å². The van der Waals surface area contributed by atoms with Crippen molar-refractivity contribution in [3.05, 3.63) is 70.8 Å². The minimum Gasteiger partial charge on any atom is -0.274 e. The smallest absolute Gasteiger partial charge is 0.261 e. The lowest BCUT2D eigenvalue weighted by atomic mass is 9.72. The minimum absolute atomic E-state index is 0.163. The van der Waals surface area contributed by atoms with Gasteiger partial charge < -0.3 is 0 Å². The van der Waals surface area contributed by atoms with E-state index in [2.05, 4.69) is 79.7 Å². The van der Waals surface area contributed by atoms with Crippen LogP contribution >= 0.6 is 0 Å². The summed E-state index contributed by atoms with van der Waals surface area (Å²) in [5.41, 5.74) is 2.45. The lowest BCUT2D eigenvalue weighted by Crippen LogP contribution is -2.46. The molecule has 2 heterocycles. The van der Waals surface area contributed by atoms with Gasteiger partial charge in [-0.1, -0.05) is 285 Å². The molecule has 0 N–H and O–H groups in total. The quantitative estimate of drug-likeness (QED) is 0.0170. The predicted octanol–water partition coefficient (Wildman–Crippen LogP) is 21.3. The number of hydrogen-bond acceptors (Lipinski definition) is 4. The van der Waals surface area contributed by atoms with E-state index >= 15 is 19.2 Å². The van der Waals surface area contributed by atoms with Crippen molar-refractivity contribution < 1.29 is 19.2 Å². The zero-order chi connectivity index (χ0) is 55.6. The highest BCUT2D eigenvalue weighted by Crippen LogP contribution is 2.48. The van der Waals surface area contributed by atoms with E-state index in [9.17, 15) is 0 Å². The normalized spacial score (nSPS) is 14.1. The second kappa shape index (κ2) is 31.0. The Labute approximate surface area is 473 Å². The van der Waals surface area contributed by atoms with Gasteiger partial charge in [0, 0.05) is 46.1 Å². The van der Waals surface area contributed by atoms with Crippen molar-refractivity contribution in [3.63, 3.8) is 0 Å². The number of unbranched alkanes of at least 4 members (excludes halogenated alkanes) is 16. The molecule has 2 aliphatic rings. The molecule has 6 heteroatoms. The number of nitrogens with zero attached hydrogens (tertiary/aromatic N) is 2. The summed E-state index contributed by atoms with van der Waals surface area (Å²) in [5.74, 6) is 1.80. The first-order valence-corrected chi connectivity index (χ1v) is 33.1. The van der Waals surface area contributed by atoms with Crippen LogP contribution in [0, 0.1) is 35.5 Å². The number of fused-ring (bicyclic) bond motifs is 2. The number of hydrogen-bond donors (Lipinski definition) is 0. The van der Waals surface area contributed by atoms with Gasteiger partial charge in [0.05, 0.1) is 0 Å². The van der Waals surface area contributed by atoms with Crippen LogP contribution < -0.4 is 0 Å². The number of imide groups is 2. The zero-order valence-electron chi connectivity index (χ0n) is 50.7. The van der Waals surface area contributed by atoms with E-state index in [1.54, 1.807) is 9.80 Å². The fourth-order valence-electron chi connectivity index (χ4n) is 15.0. The molecule has 428 valence electrons. The third kappa shape index (κ3) is 14.0. The maximum atomic E-state index is 15.3. The molecular weight excluding hydrogens is 957 g/mol. The Morgan fingerprint density at radius 2 is 0.462 bits per heavy atom. The lowest BCUT2D eigenvalue weighted by molar-refractivity contribution is 0.0489. The fraction of sp³-hybridized carbons (Fsp3) is 0.667. The summed E-state index contributed by atoms with van der Waals surface area (Å²) < 4.78 is 0. The van der Waals surface area contributed by atoms with E-state index < -0.39 is 0 Å². The zero-order valence-corrected chi connectivity index (χ0v) is 50.7. The second-order valence-corrected chi connectivity index (χ2v) is 24.9. The van der Waals surface area contributed by atoms with Crippen LogP contribution in [0.1, 0.15) is 302 Å². The Hall–Kier alpha value is -4.32. The SMILES string of the molecule is CCCCCC(CCCCC)C(CN1C(=O)c2ccc3c4ccc5c6c(ccc(c7ccc(c2c37)C1=O)c64)C(=O)N(CC(C(CCCCC)CCCCC)C(CCCCC)CCCCC)C5=O)C(CCCCC)CCCCC. The van der Waals surface area contributed by atoms with Crippen molar-refractivity contribution in [2.24, 2.45) is 35.5 Å². The third-order valence-electron chi connectivity index (χ3n) is 19.4. The average Bonchev–Trinajstić information content (AvgIpc) is 3.63. The van der Waals surface area contributed by atoms with Crippen molar-refractivity contribution >= 4 is 66.7 Å². The monoisotopic (exact) mass is 1060 g/mol. The van der Waals surface area contributed by atoms with E-state index in [-0.39, 0.29) is 35.5 Å². The highest BCUT2D eigenvalue weighted by molar-refractivity contribution is 6.41. The van der Waals surface area contributed by atoms with Crippen LogP contribution in [-0.4, -0.2) is 46.5 Å². The molecule has 0 fully saturated rings. The Balaban J connectivity index is 1.28. The Bertz CT molecular complexity index is 2310. The van der Waals surface area contributed by atoms with Gasteiger partial charge in [0.25, 0.3) is 23.6 Å². The van der Waals surface area contributed by atoms with E-state index in [0.29, 0.717) is 59.0 Å². The standard InChI is InChI=1S/C72H106N2O4/c1-9-17-25-33-51(34-26-18-10-2)63(52(35-27-19-11-3)36-28-20-12-4)49-73-69(75)59-45-41-55-57-43-47-61-68-62(48-44-58(66(57)68)56-42-46-60(70(73)76)67(59)65(55)56)72(78)74(71(61)77)50-64(53(37-29-21-13-5)38-30-22-14-6)54(39-31-23-15-7)40-32-24-16-8/h41-48,51-54,63-64H,9-40,49-50H2,1-8H3. The molecule has 5 aromatic rings. The van der Waals surface area contributed by atoms with Gasteiger partial charge >= 0.3 is 0 Å². The molecular formula is C72H106N2O4. The van der Waals surface area contributed by atoms with Crippen LogP contribution in [0.15, 0.2) is 48.5 Å². The Morgan fingerprint density at radius 3 is 0.641 bits per heavy atom. The molecule has 5 aromatic carbocycles. The van der Waals surface area contributed by atoms with Crippen molar-refractivity contribution in [3.8, 4) is 0 Å². The number of amides is 4. The highest BCUT2D eigenvalue weighted by Gasteiger charge is 2.42. The Morgan fingerprint density at radius 1 is 0.269 bits per heavy atom. The van der Waals surface area contributed by atoms with Crippen LogP contribution in [-0.2, 0) is 0 Å². The first-order chi connectivity index (χ1) is 38.1. The summed E-state index contributed by atoms with van der Waals surface area (Å²) in [7, 11) is 0. The van der Waals surface area contributed by atoms with Crippen molar-refractivity contribution in [2.45, 2.75) is 261 Å². The maximum absolute atomic E-state index is 15.3. The van der Waals surface area contributed by atoms with Gasteiger partial charge in [0.2, 0.25) is 0 Å². The van der Waals surface area contributed by atoms with E-state index in [1.807, 2.05) is 24.3 Å². The van der Waals surface area contributed by atoms with Gasteiger partial charge in [-0.2, -0.15) is 0 Å². The summed E-state index contributed by atoms with van der Waals surface area (Å²) in [6, 6.07) is 16.3. The van der Waals surface area contributed by atoms with E-state index in [4.69, 9.17) is 0 Å². The molecule has 6 nitrogen and oxygen atoms in total. The summed E-state index contributed by atoms with van der Waals surface area (Å²) in [6.07, 6.45) is 38.2. The van der Waals surface area contributed by atoms with Crippen LogP contribution in [0.2, 0.25) is 0 Å².